The van der Waals surface area contributed by atoms with E-state index in [1.165, 1.54) is 12.7 Å². The van der Waals surface area contributed by atoms with Crippen LogP contribution in [0.2, 0.25) is 5.02 Å². The van der Waals surface area contributed by atoms with Crippen LogP contribution in [0.3, 0.4) is 0 Å². The Labute approximate surface area is 141 Å². The molecule has 120 valence electrons. The third-order valence-electron chi connectivity index (χ3n) is 3.60. The number of carbonyl (C=O) groups is 1. The van der Waals surface area contributed by atoms with E-state index in [9.17, 15) is 9.90 Å². The summed E-state index contributed by atoms with van der Waals surface area (Å²) in [6, 6.07) is 12.8. The molecule has 0 amide bonds. The molecule has 0 unspecified atom stereocenters. The number of ether oxygens (including phenoxy) is 1. The summed E-state index contributed by atoms with van der Waals surface area (Å²) >= 11 is 6.01. The van der Waals surface area contributed by atoms with Crippen LogP contribution in [0.5, 0.6) is 5.75 Å². The Morgan fingerprint density at radius 1 is 1.17 bits per heavy atom. The third-order valence-corrected chi connectivity index (χ3v) is 3.83. The van der Waals surface area contributed by atoms with Crippen LogP contribution in [0.15, 0.2) is 42.5 Å². The fourth-order valence-electron chi connectivity index (χ4n) is 2.29. The van der Waals surface area contributed by atoms with Gasteiger partial charge in [0, 0.05) is 10.6 Å². The zero-order valence-corrected chi connectivity index (χ0v) is 14.1. The molecule has 0 aromatic heterocycles. The van der Waals surface area contributed by atoms with Crippen LogP contribution in [0.25, 0.3) is 11.6 Å². The number of hydrogen-bond donors (Lipinski definition) is 1. The second-order valence-corrected chi connectivity index (χ2v) is 5.97. The van der Waals surface area contributed by atoms with E-state index in [0.29, 0.717) is 22.3 Å². The molecule has 0 spiro atoms. The lowest BCUT2D eigenvalue weighted by Gasteiger charge is -2.10. The highest BCUT2D eigenvalue weighted by Gasteiger charge is 2.16. The Morgan fingerprint density at radius 3 is 2.35 bits per heavy atom. The molecule has 4 heteroatoms. The highest BCUT2D eigenvalue weighted by atomic mass is 35.5. The number of carboxylic acids is 1. The minimum atomic E-state index is -1.03. The second kappa shape index (κ2) is 7.34. The molecule has 2 rings (SSSR count). The highest BCUT2D eigenvalue weighted by Crippen LogP contribution is 2.31. The maximum absolute atomic E-state index is 11.7. The van der Waals surface area contributed by atoms with Gasteiger partial charge in [0.2, 0.25) is 0 Å². The fourth-order valence-corrected chi connectivity index (χ4v) is 2.46. The minimum Gasteiger partial charge on any atom is -0.496 e. The van der Waals surface area contributed by atoms with Crippen molar-refractivity contribution in [3.8, 4) is 5.75 Å². The third kappa shape index (κ3) is 4.14. The van der Waals surface area contributed by atoms with Crippen molar-refractivity contribution in [1.82, 2.24) is 0 Å². The molecule has 0 aliphatic rings. The van der Waals surface area contributed by atoms with E-state index in [4.69, 9.17) is 16.3 Å². The topological polar surface area (TPSA) is 46.5 Å². The first-order chi connectivity index (χ1) is 10.9. The van der Waals surface area contributed by atoms with Gasteiger partial charge in [-0.25, -0.2) is 4.79 Å². The average molecular weight is 331 g/mol. The number of rotatable bonds is 5. The van der Waals surface area contributed by atoms with Gasteiger partial charge in [-0.15, -0.1) is 0 Å². The largest absolute Gasteiger partial charge is 0.496 e. The lowest BCUT2D eigenvalue weighted by atomic mass is 9.99. The number of halogens is 1. The summed E-state index contributed by atoms with van der Waals surface area (Å²) in [7, 11) is 1.50. The van der Waals surface area contributed by atoms with E-state index in [2.05, 4.69) is 13.8 Å². The summed E-state index contributed by atoms with van der Waals surface area (Å²) in [5.41, 5.74) is 2.62. The first kappa shape index (κ1) is 17.1. The minimum absolute atomic E-state index is 0.140. The van der Waals surface area contributed by atoms with Crippen LogP contribution < -0.4 is 4.74 Å². The zero-order valence-electron chi connectivity index (χ0n) is 13.3. The molecule has 2 aromatic rings. The summed E-state index contributed by atoms with van der Waals surface area (Å²) < 4.78 is 5.26. The Hall–Kier alpha value is -2.26. The van der Waals surface area contributed by atoms with Gasteiger partial charge in [-0.05, 0) is 41.3 Å². The van der Waals surface area contributed by atoms with E-state index in [0.717, 1.165) is 5.56 Å². The van der Waals surface area contributed by atoms with Gasteiger partial charge in [-0.3, -0.25) is 0 Å². The van der Waals surface area contributed by atoms with Gasteiger partial charge in [-0.2, -0.15) is 0 Å². The molecule has 1 N–H and O–H groups in total. The monoisotopic (exact) mass is 330 g/mol. The van der Waals surface area contributed by atoms with Crippen molar-refractivity contribution < 1.29 is 14.6 Å². The van der Waals surface area contributed by atoms with Crippen molar-refractivity contribution in [2.45, 2.75) is 19.8 Å². The molecular weight excluding hydrogens is 312 g/mol. The molecule has 0 heterocycles. The van der Waals surface area contributed by atoms with Crippen molar-refractivity contribution in [2.75, 3.05) is 7.11 Å². The Kier molecular flexibility index (Phi) is 5.45. The summed E-state index contributed by atoms with van der Waals surface area (Å²) in [6.45, 7) is 4.23. The number of hydrogen-bond acceptors (Lipinski definition) is 2. The van der Waals surface area contributed by atoms with E-state index in [1.54, 1.807) is 24.3 Å². The van der Waals surface area contributed by atoms with Gasteiger partial charge in [0.1, 0.15) is 5.75 Å². The maximum atomic E-state index is 11.7. The Morgan fingerprint density at radius 2 is 1.83 bits per heavy atom. The average Bonchev–Trinajstić information content (AvgIpc) is 2.52. The zero-order chi connectivity index (χ0) is 17.0. The molecule has 0 radical (unpaired) electrons. The molecule has 0 saturated carbocycles. The van der Waals surface area contributed by atoms with Crippen molar-refractivity contribution >= 4 is 29.2 Å². The second-order valence-electron chi connectivity index (χ2n) is 5.53. The fraction of sp³-hybridized carbons (Fsp3) is 0.211. The van der Waals surface area contributed by atoms with Crippen LogP contribution in [0.4, 0.5) is 0 Å². The Balaban J connectivity index is 2.50. The summed E-state index contributed by atoms with van der Waals surface area (Å²) in [6.07, 6.45) is 1.63. The smallest absolute Gasteiger partial charge is 0.336 e. The summed E-state index contributed by atoms with van der Waals surface area (Å²) in [5.74, 6) is -0.125. The van der Waals surface area contributed by atoms with E-state index < -0.39 is 5.97 Å². The quantitative estimate of drug-likeness (QED) is 0.613. The van der Waals surface area contributed by atoms with Crippen molar-refractivity contribution in [3.63, 3.8) is 0 Å². The molecule has 3 nitrogen and oxygen atoms in total. The van der Waals surface area contributed by atoms with Crippen molar-refractivity contribution in [3.05, 3.63) is 64.2 Å². The van der Waals surface area contributed by atoms with Crippen LogP contribution in [-0.4, -0.2) is 18.2 Å². The molecule has 23 heavy (non-hydrogen) atoms. The first-order valence-electron chi connectivity index (χ1n) is 7.31. The number of benzene rings is 2. The van der Waals surface area contributed by atoms with Gasteiger partial charge in [0.15, 0.2) is 0 Å². The molecule has 0 fully saturated rings. The molecule has 0 atom stereocenters. The SMILES string of the molecule is COc1ccc(Cl)cc1/C(=C/c1ccc(C(C)C)cc1)C(=O)O. The summed E-state index contributed by atoms with van der Waals surface area (Å²) in [4.78, 5) is 11.7. The first-order valence-corrected chi connectivity index (χ1v) is 7.69. The standard InChI is InChI=1S/C19H19ClO3/c1-12(2)14-6-4-13(5-7-14)10-17(19(21)22)16-11-15(20)8-9-18(16)23-3/h4-12H,1-3H3,(H,21,22)/b17-10-. The van der Waals surface area contributed by atoms with Gasteiger partial charge < -0.3 is 9.84 Å². The van der Waals surface area contributed by atoms with Gasteiger partial charge >= 0.3 is 5.97 Å². The predicted molar refractivity (Wildman–Crippen MR) is 94.0 cm³/mol. The van der Waals surface area contributed by atoms with Gasteiger partial charge in [0.25, 0.3) is 0 Å². The molecular formula is C19H19ClO3. The van der Waals surface area contributed by atoms with Crippen molar-refractivity contribution in [1.29, 1.82) is 0 Å². The molecule has 2 aromatic carbocycles. The summed E-state index contributed by atoms with van der Waals surface area (Å²) in [5, 5.41) is 10.0. The van der Waals surface area contributed by atoms with Crippen LogP contribution >= 0.6 is 11.6 Å². The number of methoxy groups -OCH3 is 1. The van der Waals surface area contributed by atoms with Crippen molar-refractivity contribution in [2.24, 2.45) is 0 Å². The lowest BCUT2D eigenvalue weighted by Crippen LogP contribution is -2.02. The Bertz CT molecular complexity index is 731. The van der Waals surface area contributed by atoms with Gasteiger partial charge in [-0.1, -0.05) is 49.7 Å². The van der Waals surface area contributed by atoms with Gasteiger partial charge in [0.05, 0.1) is 12.7 Å². The normalized spacial score (nSPS) is 11.6. The number of aliphatic carboxylic acids is 1. The van der Waals surface area contributed by atoms with E-state index >= 15 is 0 Å². The van der Waals surface area contributed by atoms with Crippen LogP contribution in [-0.2, 0) is 4.79 Å². The highest BCUT2D eigenvalue weighted by molar-refractivity contribution is 6.31. The molecule has 0 saturated heterocycles. The molecule has 0 aliphatic heterocycles. The van der Waals surface area contributed by atoms with Crippen LogP contribution in [0.1, 0.15) is 36.5 Å². The molecule has 0 bridgehead atoms. The van der Waals surface area contributed by atoms with E-state index in [-0.39, 0.29) is 5.57 Å². The van der Waals surface area contributed by atoms with Crippen LogP contribution in [0, 0.1) is 0 Å². The predicted octanol–water partition coefficient (Wildman–Crippen LogP) is 5.10. The number of carboxylic acid groups (broad SMARTS) is 1. The molecule has 0 aliphatic carbocycles. The van der Waals surface area contributed by atoms with E-state index in [1.807, 2.05) is 24.3 Å². The maximum Gasteiger partial charge on any atom is 0.336 e. The lowest BCUT2D eigenvalue weighted by molar-refractivity contribution is -0.130.